The van der Waals surface area contributed by atoms with Crippen LogP contribution in [0.15, 0.2) is 0 Å². The van der Waals surface area contributed by atoms with Crippen LogP contribution in [0.1, 0.15) is 46.0 Å². The van der Waals surface area contributed by atoms with Gasteiger partial charge in [0.2, 0.25) is 0 Å². The van der Waals surface area contributed by atoms with Gasteiger partial charge in [-0.05, 0) is 25.8 Å². The Hall–Kier alpha value is -0.570. The first-order valence-electron chi connectivity index (χ1n) is 5.48. The molecule has 0 heterocycles. The zero-order chi connectivity index (χ0) is 11.0. The highest BCUT2D eigenvalue weighted by molar-refractivity contribution is 5.62. The van der Waals surface area contributed by atoms with Gasteiger partial charge in [-0.1, -0.05) is 26.2 Å². The number of hydrogen-bond donors (Lipinski definition) is 2. The lowest BCUT2D eigenvalue weighted by molar-refractivity contribution is -0.134. The minimum Gasteiger partial charge on any atom is -0.481 e. The van der Waals surface area contributed by atoms with Crippen LogP contribution in [0.3, 0.4) is 0 Å². The maximum atomic E-state index is 9.00. The fraction of sp³-hybridized carbons (Fsp3) is 0.909. The molecular weight excluding hydrogens is 178 g/mol. The minimum atomic E-state index is -0.833. The fourth-order valence-electron chi connectivity index (χ4n) is 2.08. The van der Waals surface area contributed by atoms with Gasteiger partial charge in [0.25, 0.3) is 5.97 Å². The van der Waals surface area contributed by atoms with Crippen LogP contribution in [0.25, 0.3) is 0 Å². The molecule has 0 bridgehead atoms. The van der Waals surface area contributed by atoms with Crippen molar-refractivity contribution in [1.29, 1.82) is 0 Å². The second kappa shape index (κ2) is 7.80. The molecule has 3 nitrogen and oxygen atoms in total. The van der Waals surface area contributed by atoms with Crippen LogP contribution in [0.4, 0.5) is 0 Å². The number of rotatable bonds is 2. The summed E-state index contributed by atoms with van der Waals surface area (Å²) in [4.78, 5) is 9.00. The summed E-state index contributed by atoms with van der Waals surface area (Å²) in [6, 6.07) is 0.818. The molecule has 2 unspecified atom stereocenters. The van der Waals surface area contributed by atoms with Crippen molar-refractivity contribution in [2.45, 2.75) is 52.0 Å². The van der Waals surface area contributed by atoms with E-state index in [-0.39, 0.29) is 0 Å². The van der Waals surface area contributed by atoms with Crippen molar-refractivity contribution >= 4 is 5.97 Å². The number of carbonyl (C=O) groups is 1. The fourth-order valence-corrected chi connectivity index (χ4v) is 2.08. The topological polar surface area (TPSA) is 49.3 Å². The Balaban J connectivity index is 0.000000364. The predicted octanol–water partition coefficient (Wildman–Crippen LogP) is 2.27. The molecule has 14 heavy (non-hydrogen) atoms. The second-order valence-electron chi connectivity index (χ2n) is 3.87. The molecule has 0 spiro atoms. The van der Waals surface area contributed by atoms with Gasteiger partial charge >= 0.3 is 0 Å². The smallest absolute Gasteiger partial charge is 0.300 e. The first kappa shape index (κ1) is 13.4. The molecule has 1 rings (SSSR count). The molecule has 1 fully saturated rings. The third-order valence-electron chi connectivity index (χ3n) is 2.80. The van der Waals surface area contributed by atoms with E-state index in [9.17, 15) is 0 Å². The molecule has 0 amide bonds. The van der Waals surface area contributed by atoms with E-state index in [1.807, 2.05) is 0 Å². The molecule has 0 aromatic rings. The van der Waals surface area contributed by atoms with Crippen molar-refractivity contribution < 1.29 is 9.90 Å². The molecule has 2 atom stereocenters. The summed E-state index contributed by atoms with van der Waals surface area (Å²) in [6.45, 7) is 3.39. The summed E-state index contributed by atoms with van der Waals surface area (Å²) in [7, 11) is 2.10. The van der Waals surface area contributed by atoms with Crippen LogP contribution < -0.4 is 5.32 Å². The Morgan fingerprint density at radius 3 is 2.29 bits per heavy atom. The van der Waals surface area contributed by atoms with Gasteiger partial charge in [-0.2, -0.15) is 0 Å². The van der Waals surface area contributed by atoms with Crippen molar-refractivity contribution in [2.24, 2.45) is 5.92 Å². The van der Waals surface area contributed by atoms with Crippen LogP contribution in [0, 0.1) is 5.92 Å². The van der Waals surface area contributed by atoms with E-state index in [4.69, 9.17) is 9.90 Å². The summed E-state index contributed by atoms with van der Waals surface area (Å²) in [5.74, 6) is 0.124. The first-order chi connectivity index (χ1) is 6.61. The molecule has 1 saturated carbocycles. The Bertz CT molecular complexity index is 143. The van der Waals surface area contributed by atoms with Gasteiger partial charge in [-0.15, -0.1) is 0 Å². The van der Waals surface area contributed by atoms with E-state index in [0.717, 1.165) is 18.9 Å². The maximum Gasteiger partial charge on any atom is 0.300 e. The van der Waals surface area contributed by atoms with E-state index in [0.29, 0.717) is 0 Å². The van der Waals surface area contributed by atoms with Gasteiger partial charge in [0.1, 0.15) is 0 Å². The largest absolute Gasteiger partial charge is 0.481 e. The molecule has 0 aromatic heterocycles. The van der Waals surface area contributed by atoms with E-state index in [1.165, 1.54) is 32.1 Å². The van der Waals surface area contributed by atoms with Crippen LogP contribution in [0.5, 0.6) is 0 Å². The molecule has 1 aliphatic carbocycles. The quantitative estimate of drug-likeness (QED) is 0.720. The van der Waals surface area contributed by atoms with Gasteiger partial charge in [0.15, 0.2) is 0 Å². The van der Waals surface area contributed by atoms with Crippen LogP contribution >= 0.6 is 0 Å². The molecule has 0 aromatic carbocycles. The summed E-state index contributed by atoms with van der Waals surface area (Å²) >= 11 is 0. The second-order valence-corrected chi connectivity index (χ2v) is 3.87. The summed E-state index contributed by atoms with van der Waals surface area (Å²) in [5, 5.41) is 10.8. The Kier molecular flexibility index (Phi) is 7.48. The highest BCUT2D eigenvalue weighted by Gasteiger charge is 2.21. The number of carboxylic acid groups (broad SMARTS) is 1. The van der Waals surface area contributed by atoms with E-state index < -0.39 is 5.97 Å². The van der Waals surface area contributed by atoms with Crippen LogP contribution in [-0.4, -0.2) is 24.2 Å². The summed E-state index contributed by atoms with van der Waals surface area (Å²) in [6.07, 6.45) is 7.08. The van der Waals surface area contributed by atoms with Crippen molar-refractivity contribution in [3.05, 3.63) is 0 Å². The minimum absolute atomic E-state index is 0.818. The Labute approximate surface area is 86.9 Å². The predicted molar refractivity (Wildman–Crippen MR) is 58.4 cm³/mol. The SMILES string of the molecule is CC(=O)O.CCC1CCCCC1NC. The third kappa shape index (κ3) is 5.97. The molecule has 84 valence electrons. The van der Waals surface area contributed by atoms with Crippen LogP contribution in [-0.2, 0) is 4.79 Å². The molecule has 0 radical (unpaired) electrons. The lowest BCUT2D eigenvalue weighted by Crippen LogP contribution is -2.35. The normalized spacial score (nSPS) is 26.2. The average molecular weight is 201 g/mol. The first-order valence-corrected chi connectivity index (χ1v) is 5.48. The summed E-state index contributed by atoms with van der Waals surface area (Å²) < 4.78 is 0. The van der Waals surface area contributed by atoms with E-state index >= 15 is 0 Å². The van der Waals surface area contributed by atoms with Gasteiger partial charge in [-0.3, -0.25) is 4.79 Å². The van der Waals surface area contributed by atoms with Crippen molar-refractivity contribution in [3.8, 4) is 0 Å². The standard InChI is InChI=1S/C9H19N.C2H4O2/c1-3-8-6-4-5-7-9(8)10-2;1-2(3)4/h8-10H,3-7H2,1-2H3;1H3,(H,3,4). The Morgan fingerprint density at radius 1 is 1.43 bits per heavy atom. The monoisotopic (exact) mass is 201 g/mol. The lowest BCUT2D eigenvalue weighted by atomic mass is 9.83. The zero-order valence-corrected chi connectivity index (χ0v) is 9.55. The molecule has 0 aliphatic heterocycles. The van der Waals surface area contributed by atoms with Gasteiger partial charge < -0.3 is 10.4 Å². The lowest BCUT2D eigenvalue weighted by Gasteiger charge is -2.30. The zero-order valence-electron chi connectivity index (χ0n) is 9.55. The molecule has 1 aliphatic rings. The van der Waals surface area contributed by atoms with Gasteiger partial charge in [-0.25, -0.2) is 0 Å². The van der Waals surface area contributed by atoms with Crippen molar-refractivity contribution in [1.82, 2.24) is 5.32 Å². The maximum absolute atomic E-state index is 9.00. The number of nitrogens with one attached hydrogen (secondary N) is 1. The Morgan fingerprint density at radius 2 is 1.93 bits per heavy atom. The van der Waals surface area contributed by atoms with Gasteiger partial charge in [0.05, 0.1) is 0 Å². The highest BCUT2D eigenvalue weighted by Crippen LogP contribution is 2.26. The highest BCUT2D eigenvalue weighted by atomic mass is 16.4. The van der Waals surface area contributed by atoms with Crippen molar-refractivity contribution in [2.75, 3.05) is 7.05 Å². The number of aliphatic carboxylic acids is 1. The molecule has 3 heteroatoms. The number of carboxylic acids is 1. The molecule has 0 saturated heterocycles. The van der Waals surface area contributed by atoms with E-state index in [1.54, 1.807) is 0 Å². The molecular formula is C11H23NO2. The third-order valence-corrected chi connectivity index (χ3v) is 2.80. The van der Waals surface area contributed by atoms with Crippen molar-refractivity contribution in [3.63, 3.8) is 0 Å². The number of hydrogen-bond acceptors (Lipinski definition) is 2. The molecule has 2 N–H and O–H groups in total. The van der Waals surface area contributed by atoms with E-state index in [2.05, 4.69) is 19.3 Å². The van der Waals surface area contributed by atoms with Gasteiger partial charge in [0, 0.05) is 13.0 Å². The summed E-state index contributed by atoms with van der Waals surface area (Å²) in [5.41, 5.74) is 0. The van der Waals surface area contributed by atoms with Crippen LogP contribution in [0.2, 0.25) is 0 Å². The average Bonchev–Trinajstić information content (AvgIpc) is 2.17.